The highest BCUT2D eigenvalue weighted by Gasteiger charge is 2.52. The van der Waals surface area contributed by atoms with E-state index in [4.69, 9.17) is 20.6 Å². The van der Waals surface area contributed by atoms with Gasteiger partial charge in [-0.25, -0.2) is 4.99 Å². The molecule has 0 aromatic heterocycles. The summed E-state index contributed by atoms with van der Waals surface area (Å²) in [6, 6.07) is 19.7. The Morgan fingerprint density at radius 1 is 0.964 bits per heavy atom. The Bertz CT molecular complexity index is 791. The minimum atomic E-state index is -1.07. The fourth-order valence-corrected chi connectivity index (χ4v) is 4.15. The Hall–Kier alpha value is -3.15. The predicted molar refractivity (Wildman–Crippen MR) is 108 cm³/mol. The van der Waals surface area contributed by atoms with Crippen LogP contribution in [0.25, 0.3) is 0 Å². The zero-order valence-corrected chi connectivity index (χ0v) is 15.7. The van der Waals surface area contributed by atoms with Crippen LogP contribution >= 0.6 is 0 Å². The van der Waals surface area contributed by atoms with Crippen molar-refractivity contribution in [3.63, 3.8) is 0 Å². The van der Waals surface area contributed by atoms with Gasteiger partial charge in [0.25, 0.3) is 12.4 Å². The van der Waals surface area contributed by atoms with Crippen molar-refractivity contribution in [3.05, 3.63) is 71.8 Å². The largest absolute Gasteiger partial charge is 0.483 e. The van der Waals surface area contributed by atoms with E-state index in [0.29, 0.717) is 5.96 Å². The number of amides is 1. The molecule has 2 aliphatic rings. The monoisotopic (exact) mass is 379 g/mol. The molecule has 0 unspecified atom stereocenters. The second kappa shape index (κ2) is 8.69. The first-order chi connectivity index (χ1) is 13.6. The van der Waals surface area contributed by atoms with Gasteiger partial charge in [0.15, 0.2) is 11.5 Å². The number of benzene rings is 2. The molecule has 1 heterocycles. The molecule has 3 N–H and O–H groups in total. The van der Waals surface area contributed by atoms with Gasteiger partial charge in [-0.3, -0.25) is 14.5 Å². The molecule has 1 saturated carbocycles. The quantitative estimate of drug-likeness (QED) is 0.801. The lowest BCUT2D eigenvalue weighted by Gasteiger charge is -2.33. The summed E-state index contributed by atoms with van der Waals surface area (Å²) in [5, 5.41) is 6.89. The number of carbonyl (C=O) groups excluding carboxylic acids is 1. The van der Waals surface area contributed by atoms with Crippen LogP contribution in [-0.4, -0.2) is 34.4 Å². The summed E-state index contributed by atoms with van der Waals surface area (Å²) in [6.07, 6.45) is 5.53. The third-order valence-corrected chi connectivity index (χ3v) is 5.38. The molecule has 0 atom stereocenters. The topological polar surface area (TPSA) is 96.0 Å². The van der Waals surface area contributed by atoms with E-state index in [1.807, 2.05) is 60.7 Å². The van der Waals surface area contributed by atoms with Crippen LogP contribution in [0.15, 0.2) is 65.7 Å². The molecule has 4 rings (SSSR count). The fourth-order valence-electron chi connectivity index (χ4n) is 4.15. The van der Waals surface area contributed by atoms with Crippen molar-refractivity contribution < 1.29 is 14.7 Å². The molecule has 146 valence electrons. The van der Waals surface area contributed by atoms with E-state index in [0.717, 1.165) is 36.8 Å². The Morgan fingerprint density at radius 2 is 1.43 bits per heavy atom. The second-order valence-corrected chi connectivity index (χ2v) is 6.98. The van der Waals surface area contributed by atoms with E-state index in [9.17, 15) is 4.79 Å². The van der Waals surface area contributed by atoms with Crippen LogP contribution < -0.4 is 5.73 Å². The molecular formula is C22H25N3O3. The van der Waals surface area contributed by atoms with Crippen molar-refractivity contribution >= 4 is 18.3 Å². The SMILES string of the molecule is NC1=NC(c2ccccc2)(c2ccccc2)C(=O)N1C1CCCCC1.O=CO. The summed E-state index contributed by atoms with van der Waals surface area (Å²) in [6.45, 7) is -0.250. The zero-order chi connectivity index (χ0) is 20.0. The number of guanidine groups is 1. The molecule has 2 aromatic carbocycles. The third kappa shape index (κ3) is 3.50. The normalized spacial score (nSPS) is 18.8. The highest BCUT2D eigenvalue weighted by Crippen LogP contribution is 2.41. The van der Waals surface area contributed by atoms with Crippen LogP contribution in [-0.2, 0) is 15.1 Å². The van der Waals surface area contributed by atoms with E-state index in [1.54, 1.807) is 4.90 Å². The van der Waals surface area contributed by atoms with Crippen LogP contribution in [0.5, 0.6) is 0 Å². The summed E-state index contributed by atoms with van der Waals surface area (Å²) in [7, 11) is 0. The molecule has 1 fully saturated rings. The van der Waals surface area contributed by atoms with Crippen molar-refractivity contribution in [3.8, 4) is 0 Å². The van der Waals surface area contributed by atoms with Crippen molar-refractivity contribution in [1.82, 2.24) is 4.90 Å². The number of rotatable bonds is 3. The van der Waals surface area contributed by atoms with E-state index in [2.05, 4.69) is 0 Å². The number of nitrogens with two attached hydrogens (primary N) is 1. The number of carboxylic acid groups (broad SMARTS) is 1. The van der Waals surface area contributed by atoms with Gasteiger partial charge in [0, 0.05) is 6.04 Å². The summed E-state index contributed by atoms with van der Waals surface area (Å²) in [5.41, 5.74) is 6.98. The van der Waals surface area contributed by atoms with Gasteiger partial charge in [-0.1, -0.05) is 79.9 Å². The maximum atomic E-state index is 13.7. The Labute approximate surface area is 164 Å². The molecule has 2 aromatic rings. The lowest BCUT2D eigenvalue weighted by atomic mass is 9.82. The van der Waals surface area contributed by atoms with Gasteiger partial charge < -0.3 is 10.8 Å². The average molecular weight is 379 g/mol. The summed E-state index contributed by atoms with van der Waals surface area (Å²) in [4.78, 5) is 28.6. The summed E-state index contributed by atoms with van der Waals surface area (Å²) >= 11 is 0. The van der Waals surface area contributed by atoms with Crippen LogP contribution in [0.1, 0.15) is 43.2 Å². The zero-order valence-electron chi connectivity index (χ0n) is 15.7. The molecule has 0 bridgehead atoms. The number of hydrogen-bond donors (Lipinski definition) is 2. The van der Waals surface area contributed by atoms with Crippen molar-refractivity contribution in [2.24, 2.45) is 10.7 Å². The summed E-state index contributed by atoms with van der Waals surface area (Å²) < 4.78 is 0. The molecule has 1 aliphatic heterocycles. The van der Waals surface area contributed by atoms with Gasteiger partial charge in [-0.15, -0.1) is 0 Å². The highest BCUT2D eigenvalue weighted by molar-refractivity contribution is 6.09. The number of carbonyl (C=O) groups is 2. The first-order valence-corrected chi connectivity index (χ1v) is 9.53. The van der Waals surface area contributed by atoms with Crippen LogP contribution in [0.4, 0.5) is 0 Å². The lowest BCUT2D eigenvalue weighted by molar-refractivity contribution is -0.132. The predicted octanol–water partition coefficient (Wildman–Crippen LogP) is 3.12. The molecule has 0 saturated heterocycles. The van der Waals surface area contributed by atoms with Gasteiger partial charge >= 0.3 is 0 Å². The lowest BCUT2D eigenvalue weighted by Crippen LogP contribution is -2.49. The molecule has 0 spiro atoms. The van der Waals surface area contributed by atoms with Crippen molar-refractivity contribution in [1.29, 1.82) is 0 Å². The highest BCUT2D eigenvalue weighted by atomic mass is 16.3. The molecule has 1 amide bonds. The first kappa shape index (κ1) is 19.6. The van der Waals surface area contributed by atoms with E-state index in [-0.39, 0.29) is 18.4 Å². The van der Waals surface area contributed by atoms with Gasteiger partial charge in [0.2, 0.25) is 0 Å². The standard InChI is InChI=1S/C21H23N3O.CH2O2/c22-20-23-21(16-10-4-1-5-11-16,17-12-6-2-7-13-17)19(25)24(20)18-14-8-3-9-15-18;2-1-3/h1-2,4-7,10-13,18H,3,8-9,14-15H2,(H2,22,23);1H,(H,2,3). The number of nitrogens with zero attached hydrogens (tertiary/aromatic N) is 2. The Kier molecular flexibility index (Phi) is 6.09. The van der Waals surface area contributed by atoms with Crippen LogP contribution in [0, 0.1) is 0 Å². The van der Waals surface area contributed by atoms with Crippen LogP contribution in [0.2, 0.25) is 0 Å². The maximum absolute atomic E-state index is 13.7. The molecule has 6 heteroatoms. The molecule has 6 nitrogen and oxygen atoms in total. The third-order valence-electron chi connectivity index (χ3n) is 5.38. The number of hydrogen-bond acceptors (Lipinski definition) is 4. The molecular weight excluding hydrogens is 354 g/mol. The van der Waals surface area contributed by atoms with E-state index < -0.39 is 5.54 Å². The minimum absolute atomic E-state index is 0.0192. The second-order valence-electron chi connectivity index (χ2n) is 6.98. The van der Waals surface area contributed by atoms with Crippen LogP contribution in [0.3, 0.4) is 0 Å². The van der Waals surface area contributed by atoms with E-state index >= 15 is 0 Å². The van der Waals surface area contributed by atoms with Crippen molar-refractivity contribution in [2.75, 3.05) is 0 Å². The van der Waals surface area contributed by atoms with E-state index in [1.165, 1.54) is 6.42 Å². The number of aliphatic imine (C=N–C) groups is 1. The Balaban J connectivity index is 0.000000706. The van der Waals surface area contributed by atoms with Gasteiger partial charge in [0.05, 0.1) is 0 Å². The maximum Gasteiger partial charge on any atom is 0.290 e. The van der Waals surface area contributed by atoms with Crippen molar-refractivity contribution in [2.45, 2.75) is 43.7 Å². The molecule has 28 heavy (non-hydrogen) atoms. The summed E-state index contributed by atoms with van der Waals surface area (Å²) in [5.74, 6) is 0.332. The minimum Gasteiger partial charge on any atom is -0.483 e. The van der Waals surface area contributed by atoms with Gasteiger partial charge in [-0.05, 0) is 24.0 Å². The Morgan fingerprint density at radius 3 is 1.89 bits per heavy atom. The van der Waals surface area contributed by atoms with Gasteiger partial charge in [-0.2, -0.15) is 0 Å². The smallest absolute Gasteiger partial charge is 0.290 e. The fraction of sp³-hybridized carbons (Fsp3) is 0.318. The molecule has 1 aliphatic carbocycles. The van der Waals surface area contributed by atoms with Gasteiger partial charge in [0.1, 0.15) is 0 Å². The molecule has 0 radical (unpaired) electrons. The first-order valence-electron chi connectivity index (χ1n) is 9.53. The average Bonchev–Trinajstić information content (AvgIpc) is 3.02.